The van der Waals surface area contributed by atoms with E-state index in [9.17, 15) is 5.11 Å². The molecule has 0 bridgehead atoms. The molecule has 0 heterocycles. The summed E-state index contributed by atoms with van der Waals surface area (Å²) in [7, 11) is 1.68. The zero-order chi connectivity index (χ0) is 13.0. The number of rotatable bonds is 4. The van der Waals surface area contributed by atoms with Crippen LogP contribution in [0.4, 0.5) is 0 Å². The Morgan fingerprint density at radius 3 is 2.22 bits per heavy atom. The Morgan fingerprint density at radius 2 is 1.61 bits per heavy atom. The number of para-hydroxylation sites is 2. The van der Waals surface area contributed by atoms with Gasteiger partial charge in [0.25, 0.3) is 0 Å². The SMILES string of the molecule is CCC(c1ccccc1O)c1ccccc1OC. The van der Waals surface area contributed by atoms with E-state index in [-0.39, 0.29) is 5.92 Å². The second kappa shape index (κ2) is 5.58. The number of ether oxygens (including phenoxy) is 1. The first-order valence-electron chi connectivity index (χ1n) is 6.18. The van der Waals surface area contributed by atoms with Crippen LogP contribution in [-0.2, 0) is 0 Å². The number of hydrogen-bond donors (Lipinski definition) is 1. The molecule has 0 aliphatic rings. The molecular weight excluding hydrogens is 224 g/mol. The van der Waals surface area contributed by atoms with Gasteiger partial charge in [-0.3, -0.25) is 0 Å². The fraction of sp³-hybridized carbons (Fsp3) is 0.250. The van der Waals surface area contributed by atoms with E-state index in [1.807, 2.05) is 36.4 Å². The third-order valence-corrected chi connectivity index (χ3v) is 3.23. The molecule has 2 aromatic rings. The van der Waals surface area contributed by atoms with Gasteiger partial charge >= 0.3 is 0 Å². The molecule has 0 aliphatic heterocycles. The first-order valence-corrected chi connectivity index (χ1v) is 6.18. The van der Waals surface area contributed by atoms with Gasteiger partial charge in [-0.05, 0) is 18.6 Å². The highest BCUT2D eigenvalue weighted by Gasteiger charge is 2.18. The second-order valence-corrected chi connectivity index (χ2v) is 4.26. The van der Waals surface area contributed by atoms with E-state index < -0.39 is 0 Å². The van der Waals surface area contributed by atoms with Gasteiger partial charge in [0.15, 0.2) is 0 Å². The van der Waals surface area contributed by atoms with Gasteiger partial charge in [-0.2, -0.15) is 0 Å². The van der Waals surface area contributed by atoms with Gasteiger partial charge in [-0.25, -0.2) is 0 Å². The molecule has 0 amide bonds. The molecule has 18 heavy (non-hydrogen) atoms. The molecule has 1 unspecified atom stereocenters. The highest BCUT2D eigenvalue weighted by atomic mass is 16.5. The smallest absolute Gasteiger partial charge is 0.122 e. The molecule has 0 aliphatic carbocycles. The predicted molar refractivity (Wildman–Crippen MR) is 73.2 cm³/mol. The van der Waals surface area contributed by atoms with Gasteiger partial charge in [-0.15, -0.1) is 0 Å². The zero-order valence-corrected chi connectivity index (χ0v) is 10.8. The van der Waals surface area contributed by atoms with Crippen LogP contribution in [0.15, 0.2) is 48.5 Å². The molecule has 1 N–H and O–H groups in total. The van der Waals surface area contributed by atoms with Crippen molar-refractivity contribution in [1.29, 1.82) is 0 Å². The lowest BCUT2D eigenvalue weighted by Crippen LogP contribution is -2.02. The fourth-order valence-electron chi connectivity index (χ4n) is 2.34. The van der Waals surface area contributed by atoms with E-state index in [1.54, 1.807) is 13.2 Å². The predicted octanol–water partition coefficient (Wildman–Crippen LogP) is 3.94. The molecule has 0 saturated carbocycles. The largest absolute Gasteiger partial charge is 0.508 e. The van der Waals surface area contributed by atoms with Crippen LogP contribution in [0.1, 0.15) is 30.4 Å². The van der Waals surface area contributed by atoms with Crippen LogP contribution in [0, 0.1) is 0 Å². The van der Waals surface area contributed by atoms with E-state index in [0.29, 0.717) is 5.75 Å². The van der Waals surface area contributed by atoms with Gasteiger partial charge in [0.05, 0.1) is 7.11 Å². The van der Waals surface area contributed by atoms with E-state index in [2.05, 4.69) is 13.0 Å². The van der Waals surface area contributed by atoms with Crippen molar-refractivity contribution in [3.8, 4) is 11.5 Å². The van der Waals surface area contributed by atoms with Crippen LogP contribution in [0.3, 0.4) is 0 Å². The molecule has 0 radical (unpaired) electrons. The molecule has 0 saturated heterocycles. The summed E-state index contributed by atoms with van der Waals surface area (Å²) in [6, 6.07) is 15.5. The van der Waals surface area contributed by atoms with E-state index in [0.717, 1.165) is 23.3 Å². The minimum atomic E-state index is 0.155. The Bertz CT molecular complexity index is 520. The van der Waals surface area contributed by atoms with Crippen LogP contribution in [0.2, 0.25) is 0 Å². The Labute approximate surface area is 108 Å². The van der Waals surface area contributed by atoms with Gasteiger partial charge in [0.2, 0.25) is 0 Å². The first kappa shape index (κ1) is 12.5. The number of benzene rings is 2. The van der Waals surface area contributed by atoms with E-state index in [4.69, 9.17) is 4.74 Å². The molecule has 2 heteroatoms. The normalized spacial score (nSPS) is 12.1. The van der Waals surface area contributed by atoms with Crippen molar-refractivity contribution in [2.75, 3.05) is 7.11 Å². The van der Waals surface area contributed by atoms with Crippen LogP contribution in [0.5, 0.6) is 11.5 Å². The summed E-state index contributed by atoms with van der Waals surface area (Å²) in [6.07, 6.45) is 0.915. The molecule has 0 spiro atoms. The quantitative estimate of drug-likeness (QED) is 0.879. The third kappa shape index (κ3) is 2.33. The monoisotopic (exact) mass is 242 g/mol. The highest BCUT2D eigenvalue weighted by molar-refractivity contribution is 5.46. The Kier molecular flexibility index (Phi) is 3.88. The molecule has 1 atom stereocenters. The third-order valence-electron chi connectivity index (χ3n) is 3.23. The van der Waals surface area contributed by atoms with Crippen molar-refractivity contribution in [1.82, 2.24) is 0 Å². The van der Waals surface area contributed by atoms with Gasteiger partial charge < -0.3 is 9.84 Å². The molecule has 2 nitrogen and oxygen atoms in total. The number of methoxy groups -OCH3 is 1. The standard InChI is InChI=1S/C16H18O2/c1-3-12(13-8-4-6-10-15(13)17)14-9-5-7-11-16(14)18-2/h4-12,17H,3H2,1-2H3. The lowest BCUT2D eigenvalue weighted by atomic mass is 9.88. The summed E-state index contributed by atoms with van der Waals surface area (Å²) in [5.41, 5.74) is 2.06. The summed E-state index contributed by atoms with van der Waals surface area (Å²) in [5.74, 6) is 1.37. The number of hydrogen-bond acceptors (Lipinski definition) is 2. The summed E-state index contributed by atoms with van der Waals surface area (Å²) in [6.45, 7) is 2.11. The van der Waals surface area contributed by atoms with Gasteiger partial charge in [0.1, 0.15) is 11.5 Å². The van der Waals surface area contributed by atoms with Crippen molar-refractivity contribution >= 4 is 0 Å². The summed E-state index contributed by atoms with van der Waals surface area (Å²) < 4.78 is 5.41. The lowest BCUT2D eigenvalue weighted by Gasteiger charge is -2.19. The molecule has 2 rings (SSSR count). The van der Waals surface area contributed by atoms with Crippen LogP contribution in [-0.4, -0.2) is 12.2 Å². The summed E-state index contributed by atoms with van der Waals surface area (Å²) in [5, 5.41) is 10.00. The lowest BCUT2D eigenvalue weighted by molar-refractivity contribution is 0.406. The Hall–Kier alpha value is -1.96. The Morgan fingerprint density at radius 1 is 1.00 bits per heavy atom. The average molecular weight is 242 g/mol. The molecular formula is C16H18O2. The Balaban J connectivity index is 2.49. The summed E-state index contributed by atoms with van der Waals surface area (Å²) in [4.78, 5) is 0. The molecule has 0 aromatic heterocycles. The number of phenolic OH excluding ortho intramolecular Hbond substituents is 1. The molecule has 0 fully saturated rings. The minimum absolute atomic E-state index is 0.155. The van der Waals surface area contributed by atoms with Crippen molar-refractivity contribution in [3.05, 3.63) is 59.7 Å². The van der Waals surface area contributed by atoms with Crippen LogP contribution < -0.4 is 4.74 Å². The first-order chi connectivity index (χ1) is 8.77. The fourth-order valence-corrected chi connectivity index (χ4v) is 2.34. The van der Waals surface area contributed by atoms with Crippen molar-refractivity contribution in [2.45, 2.75) is 19.3 Å². The van der Waals surface area contributed by atoms with Crippen molar-refractivity contribution in [3.63, 3.8) is 0 Å². The van der Waals surface area contributed by atoms with Crippen molar-refractivity contribution < 1.29 is 9.84 Å². The maximum absolute atomic E-state index is 10.00. The number of phenols is 1. The average Bonchev–Trinajstić information content (AvgIpc) is 2.42. The van der Waals surface area contributed by atoms with Crippen LogP contribution in [0.25, 0.3) is 0 Å². The van der Waals surface area contributed by atoms with Gasteiger partial charge in [0, 0.05) is 17.0 Å². The topological polar surface area (TPSA) is 29.5 Å². The van der Waals surface area contributed by atoms with E-state index in [1.165, 1.54) is 0 Å². The highest BCUT2D eigenvalue weighted by Crippen LogP contribution is 2.37. The maximum Gasteiger partial charge on any atom is 0.122 e. The van der Waals surface area contributed by atoms with Crippen LogP contribution >= 0.6 is 0 Å². The summed E-state index contributed by atoms with van der Waals surface area (Å²) >= 11 is 0. The molecule has 2 aromatic carbocycles. The number of aromatic hydroxyl groups is 1. The maximum atomic E-state index is 10.00. The van der Waals surface area contributed by atoms with Gasteiger partial charge in [-0.1, -0.05) is 43.3 Å². The van der Waals surface area contributed by atoms with E-state index >= 15 is 0 Å². The molecule has 94 valence electrons. The minimum Gasteiger partial charge on any atom is -0.508 e. The van der Waals surface area contributed by atoms with Crippen molar-refractivity contribution in [2.24, 2.45) is 0 Å². The second-order valence-electron chi connectivity index (χ2n) is 4.26. The zero-order valence-electron chi connectivity index (χ0n) is 10.8.